The van der Waals surface area contributed by atoms with E-state index in [4.69, 9.17) is 14.7 Å². The van der Waals surface area contributed by atoms with Crippen molar-refractivity contribution in [2.24, 2.45) is 0 Å². The number of nitriles is 1. The van der Waals surface area contributed by atoms with E-state index < -0.39 is 5.54 Å². The second-order valence-electron chi connectivity index (χ2n) is 3.11. The number of hydrogen-bond donors (Lipinski definition) is 1. The summed E-state index contributed by atoms with van der Waals surface area (Å²) >= 11 is 0. The number of nitrogens with zero attached hydrogens (tertiary/aromatic N) is 1. The van der Waals surface area contributed by atoms with Crippen LogP contribution in [0.4, 0.5) is 0 Å². The van der Waals surface area contributed by atoms with Crippen LogP contribution in [0, 0.1) is 11.3 Å². The van der Waals surface area contributed by atoms with Crippen LogP contribution in [0.1, 0.15) is 13.8 Å². The van der Waals surface area contributed by atoms with Crippen LogP contribution in [0.2, 0.25) is 0 Å². The highest BCUT2D eigenvalue weighted by Gasteiger charge is 2.30. The Labute approximate surface area is 79.8 Å². The minimum atomic E-state index is -0.646. The molecule has 0 heterocycles. The van der Waals surface area contributed by atoms with Crippen LogP contribution in [0.15, 0.2) is 0 Å². The summed E-state index contributed by atoms with van der Waals surface area (Å²) in [5.74, 6) is 0. The summed E-state index contributed by atoms with van der Waals surface area (Å²) in [6, 6.07) is 2.20. The molecule has 0 amide bonds. The van der Waals surface area contributed by atoms with E-state index in [9.17, 15) is 0 Å². The van der Waals surface area contributed by atoms with E-state index >= 15 is 0 Å². The number of methoxy groups -OCH3 is 2. The van der Waals surface area contributed by atoms with Gasteiger partial charge < -0.3 is 9.47 Å². The fraction of sp³-hybridized carbons (Fsp3) is 0.889. The highest BCUT2D eigenvalue weighted by Crippen LogP contribution is 2.10. The molecule has 0 spiro atoms. The van der Waals surface area contributed by atoms with Crippen molar-refractivity contribution in [2.75, 3.05) is 27.4 Å². The van der Waals surface area contributed by atoms with Crippen LogP contribution in [-0.2, 0) is 9.47 Å². The van der Waals surface area contributed by atoms with E-state index in [1.165, 1.54) is 0 Å². The molecule has 76 valence electrons. The van der Waals surface area contributed by atoms with Crippen molar-refractivity contribution in [2.45, 2.75) is 25.5 Å². The lowest BCUT2D eigenvalue weighted by molar-refractivity contribution is 0.0589. The summed E-state index contributed by atoms with van der Waals surface area (Å²) in [4.78, 5) is 0. The summed E-state index contributed by atoms with van der Waals surface area (Å²) in [5, 5.41) is 12.0. The lowest BCUT2D eigenvalue weighted by Gasteiger charge is -2.28. The van der Waals surface area contributed by atoms with E-state index in [2.05, 4.69) is 11.4 Å². The third kappa shape index (κ3) is 3.73. The Bertz CT molecular complexity index is 179. The fourth-order valence-electron chi connectivity index (χ4n) is 0.923. The van der Waals surface area contributed by atoms with E-state index in [1.807, 2.05) is 13.8 Å². The molecule has 0 saturated heterocycles. The number of nitrogens with one attached hydrogen (secondary N) is 1. The summed E-state index contributed by atoms with van der Waals surface area (Å²) in [7, 11) is 3.23. The van der Waals surface area contributed by atoms with Gasteiger partial charge in [-0.15, -0.1) is 0 Å². The highest BCUT2D eigenvalue weighted by atomic mass is 16.5. The van der Waals surface area contributed by atoms with E-state index in [0.717, 1.165) is 0 Å². The first-order valence-corrected chi connectivity index (χ1v) is 4.28. The Morgan fingerprint density at radius 3 is 2.54 bits per heavy atom. The third-order valence-electron chi connectivity index (χ3n) is 2.20. The number of hydrogen-bond acceptors (Lipinski definition) is 4. The molecule has 1 N–H and O–H groups in total. The first-order chi connectivity index (χ1) is 6.10. The van der Waals surface area contributed by atoms with Gasteiger partial charge in [-0.05, 0) is 13.8 Å². The van der Waals surface area contributed by atoms with Gasteiger partial charge in [0.15, 0.2) is 0 Å². The summed E-state index contributed by atoms with van der Waals surface area (Å²) in [6.07, 6.45) is -0.144. The van der Waals surface area contributed by atoms with Crippen molar-refractivity contribution in [3.63, 3.8) is 0 Å². The van der Waals surface area contributed by atoms with Crippen molar-refractivity contribution in [3.8, 4) is 6.07 Å². The predicted octanol–water partition coefficient (Wildman–Crippen LogP) is 0.540. The minimum absolute atomic E-state index is 0.144. The second-order valence-corrected chi connectivity index (χ2v) is 3.11. The zero-order valence-electron chi connectivity index (χ0n) is 8.76. The Hall–Kier alpha value is -0.630. The van der Waals surface area contributed by atoms with Gasteiger partial charge in [0.2, 0.25) is 0 Å². The molecule has 0 radical (unpaired) electrons. The zero-order chi connectivity index (χ0) is 10.3. The number of rotatable bonds is 6. The maximum atomic E-state index is 8.95. The van der Waals surface area contributed by atoms with E-state index in [1.54, 1.807) is 14.2 Å². The van der Waals surface area contributed by atoms with Gasteiger partial charge >= 0.3 is 0 Å². The van der Waals surface area contributed by atoms with E-state index in [-0.39, 0.29) is 6.10 Å². The van der Waals surface area contributed by atoms with Gasteiger partial charge in [0.25, 0.3) is 0 Å². The Morgan fingerprint density at radius 1 is 1.54 bits per heavy atom. The molecule has 4 heteroatoms. The minimum Gasteiger partial charge on any atom is -0.383 e. The molecule has 13 heavy (non-hydrogen) atoms. The zero-order valence-corrected chi connectivity index (χ0v) is 8.76. The predicted molar refractivity (Wildman–Crippen MR) is 50.4 cm³/mol. The molecule has 0 fully saturated rings. The number of ether oxygens (including phenoxy) is 2. The van der Waals surface area contributed by atoms with Crippen molar-refractivity contribution in [1.82, 2.24) is 5.32 Å². The second kappa shape index (κ2) is 5.92. The van der Waals surface area contributed by atoms with E-state index in [0.29, 0.717) is 13.2 Å². The average Bonchev–Trinajstić information content (AvgIpc) is 2.16. The Balaban J connectivity index is 4.06. The molecule has 0 aromatic carbocycles. The van der Waals surface area contributed by atoms with Crippen LogP contribution in [-0.4, -0.2) is 39.0 Å². The van der Waals surface area contributed by atoms with Gasteiger partial charge in [-0.3, -0.25) is 5.32 Å². The lowest BCUT2D eigenvalue weighted by Crippen LogP contribution is -2.51. The fourth-order valence-corrected chi connectivity index (χ4v) is 0.923. The molecule has 0 aromatic rings. The summed E-state index contributed by atoms with van der Waals surface area (Å²) in [5.41, 5.74) is -0.646. The molecule has 0 bridgehead atoms. The molecule has 0 aromatic heterocycles. The molecular weight excluding hydrogens is 168 g/mol. The largest absolute Gasteiger partial charge is 0.383 e. The van der Waals surface area contributed by atoms with Gasteiger partial charge in [-0.1, -0.05) is 0 Å². The van der Waals surface area contributed by atoms with Gasteiger partial charge in [-0.2, -0.15) is 5.26 Å². The molecular formula is C9H18N2O2. The molecule has 0 rings (SSSR count). The SMILES string of the molecule is COCCNC(C)(C#N)C(C)OC. The van der Waals surface area contributed by atoms with Crippen LogP contribution in [0.5, 0.6) is 0 Å². The van der Waals surface area contributed by atoms with Crippen LogP contribution < -0.4 is 5.32 Å². The van der Waals surface area contributed by atoms with Crippen LogP contribution in [0.3, 0.4) is 0 Å². The molecule has 2 atom stereocenters. The van der Waals surface area contributed by atoms with Crippen molar-refractivity contribution < 1.29 is 9.47 Å². The maximum absolute atomic E-state index is 8.95. The normalized spacial score (nSPS) is 17.5. The average molecular weight is 186 g/mol. The topological polar surface area (TPSA) is 54.3 Å². The van der Waals surface area contributed by atoms with Crippen molar-refractivity contribution >= 4 is 0 Å². The monoisotopic (exact) mass is 186 g/mol. The van der Waals surface area contributed by atoms with Gasteiger partial charge in [0.05, 0.1) is 18.8 Å². The smallest absolute Gasteiger partial charge is 0.130 e. The first-order valence-electron chi connectivity index (χ1n) is 4.28. The molecule has 2 unspecified atom stereocenters. The van der Waals surface area contributed by atoms with Crippen LogP contribution in [0.25, 0.3) is 0 Å². The lowest BCUT2D eigenvalue weighted by atomic mass is 9.98. The standard InChI is InChI=1S/C9H18N2O2/c1-8(13-4)9(2,7-10)11-5-6-12-3/h8,11H,5-6H2,1-4H3. The molecule has 0 aliphatic carbocycles. The van der Waals surface area contributed by atoms with Gasteiger partial charge in [0, 0.05) is 20.8 Å². The maximum Gasteiger partial charge on any atom is 0.130 e. The molecule has 4 nitrogen and oxygen atoms in total. The molecule has 0 aliphatic rings. The van der Waals surface area contributed by atoms with Crippen molar-refractivity contribution in [1.29, 1.82) is 5.26 Å². The Morgan fingerprint density at radius 2 is 2.15 bits per heavy atom. The molecule has 0 aliphatic heterocycles. The Kier molecular flexibility index (Phi) is 5.63. The molecule has 0 saturated carbocycles. The van der Waals surface area contributed by atoms with Crippen molar-refractivity contribution in [3.05, 3.63) is 0 Å². The summed E-state index contributed by atoms with van der Waals surface area (Å²) < 4.78 is 9.99. The third-order valence-corrected chi connectivity index (χ3v) is 2.20. The van der Waals surface area contributed by atoms with Gasteiger partial charge in [-0.25, -0.2) is 0 Å². The summed E-state index contributed by atoms with van der Waals surface area (Å²) in [6.45, 7) is 4.92. The highest BCUT2D eigenvalue weighted by molar-refractivity contribution is 5.07. The van der Waals surface area contributed by atoms with Gasteiger partial charge in [0.1, 0.15) is 5.54 Å². The quantitative estimate of drug-likeness (QED) is 0.615. The van der Waals surface area contributed by atoms with Crippen LogP contribution >= 0.6 is 0 Å². The first kappa shape index (κ1) is 12.4.